The Labute approximate surface area is 163 Å². The number of thiazole rings is 1. The van der Waals surface area contributed by atoms with Crippen LogP contribution in [0.4, 0.5) is 10.8 Å². The van der Waals surface area contributed by atoms with E-state index >= 15 is 0 Å². The van der Waals surface area contributed by atoms with Crippen LogP contribution in [-0.4, -0.2) is 54.3 Å². The number of hydrogen-bond donors (Lipinski definition) is 1. The summed E-state index contributed by atoms with van der Waals surface area (Å²) in [5.41, 5.74) is 1.48. The maximum atomic E-state index is 12.3. The second-order valence-electron chi connectivity index (χ2n) is 6.55. The molecule has 11 heteroatoms. The van der Waals surface area contributed by atoms with Crippen molar-refractivity contribution in [1.82, 2.24) is 4.98 Å². The number of anilines is 2. The molecule has 1 aromatic heterocycles. The van der Waals surface area contributed by atoms with Crippen LogP contribution in [0, 0.1) is 6.92 Å². The highest BCUT2D eigenvalue weighted by Gasteiger charge is 2.24. The van der Waals surface area contributed by atoms with E-state index in [1.807, 2.05) is 17.2 Å². The minimum Gasteiger partial charge on any atom is -0.369 e. The molecule has 1 aromatic carbocycles. The van der Waals surface area contributed by atoms with Crippen molar-refractivity contribution in [3.8, 4) is 0 Å². The summed E-state index contributed by atoms with van der Waals surface area (Å²) in [4.78, 5) is 8.46. The molecule has 1 aliphatic heterocycles. The lowest BCUT2D eigenvalue weighted by Gasteiger charge is -2.25. The van der Waals surface area contributed by atoms with Crippen LogP contribution in [0.5, 0.6) is 0 Å². The predicted molar refractivity (Wildman–Crippen MR) is 107 cm³/mol. The smallest absolute Gasteiger partial charge is 0.238 e. The molecule has 8 nitrogen and oxygen atoms in total. The van der Waals surface area contributed by atoms with E-state index in [-0.39, 0.29) is 9.79 Å². The molecule has 1 fully saturated rings. The van der Waals surface area contributed by atoms with E-state index in [9.17, 15) is 16.8 Å². The summed E-state index contributed by atoms with van der Waals surface area (Å²) in [6, 6.07) is 4.03. The summed E-state index contributed by atoms with van der Waals surface area (Å²) in [6.07, 6.45) is 1.90. The van der Waals surface area contributed by atoms with E-state index in [4.69, 9.17) is 5.14 Å². The number of aryl methyl sites for hydroxylation is 1. The van der Waals surface area contributed by atoms with Crippen LogP contribution < -0.4 is 14.9 Å². The first-order valence-electron chi connectivity index (χ1n) is 8.34. The molecular weight excluding hydrogens is 408 g/mol. The Bertz CT molecular complexity index is 1050. The molecule has 0 radical (unpaired) electrons. The van der Waals surface area contributed by atoms with E-state index in [1.165, 1.54) is 12.1 Å². The minimum atomic E-state index is -3.98. The molecular formula is C16H22N4O4S3. The fraction of sp³-hybridized carbons (Fsp3) is 0.438. The third kappa shape index (κ3) is 4.60. The lowest BCUT2D eigenvalue weighted by atomic mass is 10.2. The van der Waals surface area contributed by atoms with E-state index in [0.717, 1.165) is 36.1 Å². The molecule has 1 saturated heterocycles. The Hall–Kier alpha value is -1.69. The van der Waals surface area contributed by atoms with Crippen LogP contribution in [-0.2, 0) is 19.9 Å². The number of benzene rings is 1. The molecule has 2 aromatic rings. The highest BCUT2D eigenvalue weighted by atomic mass is 32.2. The Kier molecular flexibility index (Phi) is 5.48. The average molecular weight is 431 g/mol. The highest BCUT2D eigenvalue weighted by molar-refractivity contribution is 7.91. The van der Waals surface area contributed by atoms with Crippen LogP contribution in [0.2, 0.25) is 0 Å². The largest absolute Gasteiger partial charge is 0.369 e. The number of sulfone groups is 1. The molecule has 148 valence electrons. The second-order valence-corrected chi connectivity index (χ2v) is 10.9. The maximum absolute atomic E-state index is 12.3. The van der Waals surface area contributed by atoms with Crippen molar-refractivity contribution in [2.24, 2.45) is 5.14 Å². The normalized spacial score (nSPS) is 16.4. The molecule has 1 aliphatic rings. The van der Waals surface area contributed by atoms with E-state index < -0.39 is 19.9 Å². The molecule has 27 heavy (non-hydrogen) atoms. The zero-order valence-electron chi connectivity index (χ0n) is 15.1. The molecule has 2 N–H and O–H groups in total. The average Bonchev–Trinajstić information content (AvgIpc) is 2.86. The first kappa shape index (κ1) is 20.1. The SMILES string of the molecule is Cc1csc(N2CCCN(c3ccc(S(N)(=O)=O)cc3S(C)(=O)=O)CC2)n1. The third-order valence-electron chi connectivity index (χ3n) is 4.37. The minimum absolute atomic E-state index is 0.0208. The standard InChI is InChI=1S/C16H22N4O4S3/c1-12-11-25-16(18-12)20-7-3-6-19(8-9-20)14-5-4-13(27(17,23)24)10-15(14)26(2,21)22/h4-5,10-11H,3,6-9H2,1-2H3,(H2,17,23,24). The number of nitrogens with zero attached hydrogens (tertiary/aromatic N) is 3. The van der Waals surface area contributed by atoms with Gasteiger partial charge in [0.05, 0.1) is 21.2 Å². The van der Waals surface area contributed by atoms with Gasteiger partial charge in [-0.1, -0.05) is 0 Å². The third-order valence-corrected chi connectivity index (χ3v) is 7.43. The lowest BCUT2D eigenvalue weighted by Crippen LogP contribution is -2.31. The van der Waals surface area contributed by atoms with Crippen LogP contribution in [0.25, 0.3) is 0 Å². The number of nitrogens with two attached hydrogens (primary N) is 1. The van der Waals surface area contributed by atoms with E-state index in [2.05, 4.69) is 9.88 Å². The van der Waals surface area contributed by atoms with Gasteiger partial charge in [-0.25, -0.2) is 27.0 Å². The number of hydrogen-bond acceptors (Lipinski definition) is 8. The molecule has 0 unspecified atom stereocenters. The monoisotopic (exact) mass is 430 g/mol. The van der Waals surface area contributed by atoms with Gasteiger partial charge in [0, 0.05) is 37.8 Å². The van der Waals surface area contributed by atoms with Crippen molar-refractivity contribution in [3.63, 3.8) is 0 Å². The summed E-state index contributed by atoms with van der Waals surface area (Å²) >= 11 is 1.59. The molecule has 0 atom stereocenters. The summed E-state index contributed by atoms with van der Waals surface area (Å²) in [5, 5.41) is 8.12. The predicted octanol–water partition coefficient (Wildman–Crippen LogP) is 1.22. The molecule has 0 bridgehead atoms. The van der Waals surface area contributed by atoms with Crippen molar-refractivity contribution in [2.45, 2.75) is 23.1 Å². The van der Waals surface area contributed by atoms with Crippen molar-refractivity contribution in [1.29, 1.82) is 0 Å². The molecule has 3 rings (SSSR count). The van der Waals surface area contributed by atoms with Gasteiger partial charge >= 0.3 is 0 Å². The van der Waals surface area contributed by atoms with E-state index in [1.54, 1.807) is 11.3 Å². The molecule has 0 aliphatic carbocycles. The number of sulfonamides is 1. The van der Waals surface area contributed by atoms with E-state index in [0.29, 0.717) is 25.3 Å². The summed E-state index contributed by atoms with van der Waals surface area (Å²) in [7, 11) is -7.61. The van der Waals surface area contributed by atoms with Gasteiger partial charge in [-0.3, -0.25) is 0 Å². The summed E-state index contributed by atoms with van der Waals surface area (Å²) in [6.45, 7) is 4.75. The van der Waals surface area contributed by atoms with Crippen LogP contribution >= 0.6 is 11.3 Å². The van der Waals surface area contributed by atoms with Gasteiger partial charge in [0.2, 0.25) is 10.0 Å². The zero-order valence-corrected chi connectivity index (χ0v) is 17.6. The van der Waals surface area contributed by atoms with Crippen molar-refractivity contribution < 1.29 is 16.8 Å². The fourth-order valence-electron chi connectivity index (χ4n) is 3.07. The molecule has 0 spiro atoms. The Balaban J connectivity index is 1.92. The van der Waals surface area contributed by atoms with Crippen LogP contribution in [0.15, 0.2) is 33.4 Å². The van der Waals surface area contributed by atoms with Gasteiger partial charge < -0.3 is 9.80 Å². The van der Waals surface area contributed by atoms with Crippen molar-refractivity contribution in [2.75, 3.05) is 42.2 Å². The topological polar surface area (TPSA) is 114 Å². The Morgan fingerprint density at radius 3 is 2.33 bits per heavy atom. The number of primary sulfonamides is 1. The second kappa shape index (κ2) is 7.38. The van der Waals surface area contributed by atoms with Gasteiger partial charge in [-0.2, -0.15) is 0 Å². The highest BCUT2D eigenvalue weighted by Crippen LogP contribution is 2.30. The van der Waals surface area contributed by atoms with Crippen LogP contribution in [0.1, 0.15) is 12.1 Å². The first-order chi connectivity index (χ1) is 12.6. The van der Waals surface area contributed by atoms with Gasteiger partial charge in [-0.15, -0.1) is 11.3 Å². The van der Waals surface area contributed by atoms with Crippen molar-refractivity contribution in [3.05, 3.63) is 29.3 Å². The lowest BCUT2D eigenvalue weighted by molar-refractivity contribution is 0.597. The quantitative estimate of drug-likeness (QED) is 0.776. The van der Waals surface area contributed by atoms with Gasteiger partial charge in [0.1, 0.15) is 0 Å². The zero-order chi connectivity index (χ0) is 19.8. The Morgan fingerprint density at radius 1 is 1.07 bits per heavy atom. The van der Waals surface area contributed by atoms with Gasteiger partial charge in [0.15, 0.2) is 15.0 Å². The fourth-order valence-corrected chi connectivity index (χ4v) is 5.46. The number of aromatic nitrogens is 1. The summed E-state index contributed by atoms with van der Waals surface area (Å²) < 4.78 is 47.8. The molecule has 0 amide bonds. The molecule has 2 heterocycles. The van der Waals surface area contributed by atoms with Crippen molar-refractivity contribution >= 4 is 42.0 Å². The summed E-state index contributed by atoms with van der Waals surface area (Å²) in [5.74, 6) is 0. The van der Waals surface area contributed by atoms with Crippen LogP contribution in [0.3, 0.4) is 0 Å². The maximum Gasteiger partial charge on any atom is 0.238 e. The Morgan fingerprint density at radius 2 is 1.74 bits per heavy atom. The first-order valence-corrected chi connectivity index (χ1v) is 12.7. The van der Waals surface area contributed by atoms with Gasteiger partial charge in [-0.05, 0) is 31.5 Å². The molecule has 0 saturated carbocycles. The number of rotatable bonds is 4. The van der Waals surface area contributed by atoms with Gasteiger partial charge in [0.25, 0.3) is 0 Å².